The molecular weight excluding hydrogens is 191 g/mol. The zero-order valence-electron chi connectivity index (χ0n) is 9.76. The van der Waals surface area contributed by atoms with Crippen molar-refractivity contribution >= 4 is 8.07 Å². The molecule has 0 aromatic carbocycles. The highest BCUT2D eigenvalue weighted by Gasteiger charge is 2.52. The smallest absolute Gasteiger partial charge is 0.124 e. The van der Waals surface area contributed by atoms with E-state index in [4.69, 9.17) is 0 Å². The van der Waals surface area contributed by atoms with Crippen LogP contribution in [-0.4, -0.2) is 13.4 Å². The maximum Gasteiger partial charge on any atom is 0.124 e. The average Bonchev–Trinajstić information content (AvgIpc) is 2.03. The Morgan fingerprint density at radius 3 is 2.00 bits per heavy atom. The van der Waals surface area contributed by atoms with Crippen LogP contribution in [0.15, 0.2) is 24.3 Å². The summed E-state index contributed by atoms with van der Waals surface area (Å²) >= 11 is 0. The summed E-state index contributed by atoms with van der Waals surface area (Å²) in [4.78, 5) is 0. The average molecular weight is 211 g/mol. The molecule has 0 aromatic rings. The van der Waals surface area contributed by atoms with Crippen LogP contribution in [0.3, 0.4) is 0 Å². The van der Waals surface area contributed by atoms with Gasteiger partial charge in [-0.3, -0.25) is 0 Å². The number of halogens is 1. The molecule has 1 unspecified atom stereocenters. The minimum atomic E-state index is -1.99. The largest absolute Gasteiger partial charge is 0.243 e. The molecule has 0 spiro atoms. The molecular formula is C12H20FSi. The second kappa shape index (κ2) is 3.33. The molecule has 0 amide bonds. The van der Waals surface area contributed by atoms with E-state index in [9.17, 15) is 4.39 Å². The van der Waals surface area contributed by atoms with Crippen LogP contribution < -0.4 is 0 Å². The highest BCUT2D eigenvalue weighted by molar-refractivity contribution is 6.83. The summed E-state index contributed by atoms with van der Waals surface area (Å²) in [6.07, 6.45) is 8.95. The van der Waals surface area contributed by atoms with E-state index >= 15 is 0 Å². The lowest BCUT2D eigenvalue weighted by Crippen LogP contribution is -2.56. The zero-order chi connectivity index (χ0) is 11.0. The van der Waals surface area contributed by atoms with Crippen molar-refractivity contribution in [1.82, 2.24) is 0 Å². The van der Waals surface area contributed by atoms with Crippen LogP contribution in [-0.2, 0) is 0 Å². The van der Waals surface area contributed by atoms with Crippen LogP contribution in [0.2, 0.25) is 18.1 Å². The third-order valence-corrected chi connectivity index (χ3v) is 9.73. The molecule has 1 atom stereocenters. The normalized spacial score (nSPS) is 28.1. The van der Waals surface area contributed by atoms with Crippen LogP contribution in [0.5, 0.6) is 0 Å². The molecule has 0 fully saturated rings. The Bertz CT molecular complexity index is 271. The maximum atomic E-state index is 14.7. The van der Waals surface area contributed by atoms with E-state index in [2.05, 4.69) is 33.9 Å². The lowest BCUT2D eigenvalue weighted by Gasteiger charge is -2.46. The van der Waals surface area contributed by atoms with Gasteiger partial charge in [0.15, 0.2) is 0 Å². The summed E-state index contributed by atoms with van der Waals surface area (Å²) in [7, 11) is -1.99. The third kappa shape index (κ3) is 1.72. The Labute approximate surface area is 87.9 Å². The molecule has 0 saturated carbocycles. The third-order valence-electron chi connectivity index (χ3n) is 3.73. The number of alkyl halides is 1. The standard InChI is InChI=1S/C12H20FSi/c1-11(2,3)14(4,5)12(13)9-7-6-8-10-12/h6-10H,1-5H3. The van der Waals surface area contributed by atoms with E-state index in [1.54, 1.807) is 12.5 Å². The minimum Gasteiger partial charge on any atom is -0.243 e. The Hall–Kier alpha value is -0.373. The van der Waals surface area contributed by atoms with Crippen LogP contribution in [0.25, 0.3) is 0 Å². The zero-order valence-corrected chi connectivity index (χ0v) is 10.8. The van der Waals surface area contributed by atoms with Crippen molar-refractivity contribution in [2.45, 2.75) is 44.2 Å². The first-order valence-corrected chi connectivity index (χ1v) is 8.10. The first-order chi connectivity index (χ1) is 6.21. The number of rotatable bonds is 1. The van der Waals surface area contributed by atoms with E-state index in [0.29, 0.717) is 0 Å². The van der Waals surface area contributed by atoms with Crippen molar-refractivity contribution in [3.63, 3.8) is 0 Å². The highest BCUT2D eigenvalue weighted by Crippen LogP contribution is 2.47. The lowest BCUT2D eigenvalue weighted by molar-refractivity contribution is 0.364. The molecule has 0 N–H and O–H groups in total. The molecule has 1 aliphatic rings. The monoisotopic (exact) mass is 211 g/mol. The molecule has 14 heavy (non-hydrogen) atoms. The second-order valence-corrected chi connectivity index (χ2v) is 11.1. The van der Waals surface area contributed by atoms with Gasteiger partial charge in [-0.2, -0.15) is 0 Å². The summed E-state index contributed by atoms with van der Waals surface area (Å²) in [5, 5.41) is -1.13. The minimum absolute atomic E-state index is 0.0633. The fourth-order valence-electron chi connectivity index (χ4n) is 1.50. The SMILES string of the molecule is CC(C)(C)[Si](C)(C)C1(F)[CH]C=CC=C1. The molecule has 1 aliphatic carbocycles. The Morgan fingerprint density at radius 1 is 1.07 bits per heavy atom. The highest BCUT2D eigenvalue weighted by atomic mass is 28.3. The van der Waals surface area contributed by atoms with Crippen LogP contribution in [0.1, 0.15) is 20.8 Å². The summed E-state index contributed by atoms with van der Waals surface area (Å²) in [6, 6.07) is 0. The van der Waals surface area contributed by atoms with Crippen molar-refractivity contribution in [3.05, 3.63) is 30.7 Å². The number of hydrogen-bond acceptors (Lipinski definition) is 0. The van der Waals surface area contributed by atoms with Crippen LogP contribution in [0.4, 0.5) is 4.39 Å². The predicted molar refractivity (Wildman–Crippen MR) is 63.6 cm³/mol. The van der Waals surface area contributed by atoms with Gasteiger partial charge in [-0.1, -0.05) is 58.2 Å². The summed E-state index contributed by atoms with van der Waals surface area (Å²) in [5.74, 6) is 0. The van der Waals surface area contributed by atoms with Gasteiger partial charge in [-0.25, -0.2) is 4.39 Å². The topological polar surface area (TPSA) is 0 Å². The Balaban J connectivity index is 3.03. The van der Waals surface area contributed by atoms with E-state index in [1.165, 1.54) is 0 Å². The van der Waals surface area contributed by atoms with Crippen molar-refractivity contribution in [2.75, 3.05) is 0 Å². The van der Waals surface area contributed by atoms with Crippen molar-refractivity contribution < 1.29 is 4.39 Å². The summed E-state index contributed by atoms with van der Waals surface area (Å²) in [6.45, 7) is 10.7. The first kappa shape index (κ1) is 11.7. The van der Waals surface area contributed by atoms with Gasteiger partial charge in [0.2, 0.25) is 0 Å². The van der Waals surface area contributed by atoms with Gasteiger partial charge in [-0.05, 0) is 5.04 Å². The predicted octanol–water partition coefficient (Wildman–Crippen LogP) is 4.07. The van der Waals surface area contributed by atoms with Gasteiger partial charge in [0.25, 0.3) is 0 Å². The second-order valence-electron chi connectivity index (χ2n) is 5.55. The first-order valence-electron chi connectivity index (χ1n) is 5.10. The maximum absolute atomic E-state index is 14.7. The number of allylic oxidation sites excluding steroid dienone is 4. The summed E-state index contributed by atoms with van der Waals surface area (Å²) < 4.78 is 14.7. The molecule has 0 aromatic heterocycles. The van der Waals surface area contributed by atoms with Crippen molar-refractivity contribution in [1.29, 1.82) is 0 Å². The van der Waals surface area contributed by atoms with Gasteiger partial charge >= 0.3 is 0 Å². The molecule has 2 heteroatoms. The van der Waals surface area contributed by atoms with Gasteiger partial charge in [0, 0.05) is 6.42 Å². The fraction of sp³-hybridized carbons (Fsp3) is 0.583. The van der Waals surface area contributed by atoms with E-state index in [1.807, 2.05) is 18.2 Å². The molecule has 0 aliphatic heterocycles. The molecule has 1 rings (SSSR count). The van der Waals surface area contributed by atoms with Gasteiger partial charge in [-0.15, -0.1) is 0 Å². The Morgan fingerprint density at radius 2 is 1.64 bits per heavy atom. The number of hydrogen-bond donors (Lipinski definition) is 0. The van der Waals surface area contributed by atoms with Gasteiger partial charge < -0.3 is 0 Å². The van der Waals surface area contributed by atoms with E-state index in [-0.39, 0.29) is 5.04 Å². The van der Waals surface area contributed by atoms with E-state index < -0.39 is 13.4 Å². The Kier molecular flexibility index (Phi) is 2.79. The molecule has 0 bridgehead atoms. The van der Waals surface area contributed by atoms with Crippen molar-refractivity contribution in [2.24, 2.45) is 0 Å². The van der Waals surface area contributed by atoms with Gasteiger partial charge in [0.05, 0.1) is 0 Å². The fourth-order valence-corrected chi connectivity index (χ4v) is 3.68. The van der Waals surface area contributed by atoms with Crippen molar-refractivity contribution in [3.8, 4) is 0 Å². The molecule has 0 heterocycles. The summed E-state index contributed by atoms with van der Waals surface area (Å²) in [5.41, 5.74) is 0. The van der Waals surface area contributed by atoms with Crippen LogP contribution >= 0.6 is 0 Å². The molecule has 1 radical (unpaired) electrons. The lowest BCUT2D eigenvalue weighted by atomic mass is 10.1. The molecule has 0 saturated heterocycles. The van der Waals surface area contributed by atoms with Gasteiger partial charge in [0.1, 0.15) is 13.4 Å². The van der Waals surface area contributed by atoms with Crippen LogP contribution in [0, 0.1) is 6.42 Å². The molecule has 0 nitrogen and oxygen atoms in total. The quantitative estimate of drug-likeness (QED) is 0.573. The molecule has 79 valence electrons. The van der Waals surface area contributed by atoms with E-state index in [0.717, 1.165) is 0 Å².